The zero-order chi connectivity index (χ0) is 17.3. The molecule has 2 aromatic rings. The first-order valence-corrected chi connectivity index (χ1v) is 8.85. The van der Waals surface area contributed by atoms with E-state index >= 15 is 0 Å². The molecule has 0 aliphatic carbocycles. The lowest BCUT2D eigenvalue weighted by Crippen LogP contribution is -2.49. The number of nitrogens with one attached hydrogen (secondary N) is 1. The van der Waals surface area contributed by atoms with E-state index in [0.717, 1.165) is 59.2 Å². The van der Waals surface area contributed by atoms with Crippen LogP contribution in [0.1, 0.15) is 18.5 Å². The number of carboxylic acids is 1. The number of H-pyrrole nitrogens is 1. The summed E-state index contributed by atoms with van der Waals surface area (Å²) in [5.74, 6) is -0.802. The van der Waals surface area contributed by atoms with E-state index < -0.39 is 12.0 Å². The van der Waals surface area contributed by atoms with Gasteiger partial charge < -0.3 is 10.1 Å². The molecular weight excluding hydrogens is 370 g/mol. The van der Waals surface area contributed by atoms with Crippen molar-refractivity contribution < 1.29 is 9.90 Å². The van der Waals surface area contributed by atoms with Gasteiger partial charge in [-0.05, 0) is 25.1 Å². The topological polar surface area (TPSA) is 59.6 Å². The van der Waals surface area contributed by atoms with Crippen molar-refractivity contribution in [1.82, 2.24) is 14.8 Å². The van der Waals surface area contributed by atoms with E-state index in [1.54, 1.807) is 0 Å². The van der Waals surface area contributed by atoms with E-state index in [0.29, 0.717) is 0 Å². The number of halogens is 1. The fraction of sp³-hybridized carbons (Fsp3) is 0.389. The van der Waals surface area contributed by atoms with E-state index in [1.807, 2.05) is 31.3 Å². The Morgan fingerprint density at radius 3 is 2.71 bits per heavy atom. The number of fused-ring (bicyclic) bond motifs is 1. The fourth-order valence-corrected chi connectivity index (χ4v) is 3.75. The Morgan fingerprint density at radius 2 is 2.08 bits per heavy atom. The molecule has 1 atom stereocenters. The highest BCUT2D eigenvalue weighted by atomic mass is 79.9. The maximum Gasteiger partial charge on any atom is 0.325 e. The van der Waals surface area contributed by atoms with Crippen molar-refractivity contribution in [3.05, 3.63) is 46.6 Å². The number of aromatic nitrogens is 1. The van der Waals surface area contributed by atoms with Crippen molar-refractivity contribution in [2.24, 2.45) is 0 Å². The van der Waals surface area contributed by atoms with Crippen LogP contribution in [0.25, 0.3) is 10.9 Å². The van der Waals surface area contributed by atoms with Crippen LogP contribution in [0.3, 0.4) is 0 Å². The number of nitrogens with zero attached hydrogens (tertiary/aromatic N) is 2. The Morgan fingerprint density at radius 1 is 1.38 bits per heavy atom. The first kappa shape index (κ1) is 17.2. The van der Waals surface area contributed by atoms with E-state index in [2.05, 4.69) is 37.3 Å². The molecule has 1 saturated heterocycles. The molecule has 0 saturated carbocycles. The highest BCUT2D eigenvalue weighted by Crippen LogP contribution is 2.31. The summed E-state index contributed by atoms with van der Waals surface area (Å²) >= 11 is 3.47. The predicted octanol–water partition coefficient (Wildman–Crippen LogP) is 3.25. The van der Waals surface area contributed by atoms with Gasteiger partial charge in [0, 0.05) is 59.9 Å². The second-order valence-corrected chi connectivity index (χ2v) is 7.36. The minimum Gasteiger partial charge on any atom is -0.480 e. The molecule has 1 aliphatic heterocycles. The molecule has 5 nitrogen and oxygen atoms in total. The van der Waals surface area contributed by atoms with Crippen molar-refractivity contribution in [3.63, 3.8) is 0 Å². The number of benzene rings is 1. The van der Waals surface area contributed by atoms with Crippen LogP contribution in [0.5, 0.6) is 0 Å². The zero-order valence-electron chi connectivity index (χ0n) is 13.8. The van der Waals surface area contributed by atoms with E-state index in [9.17, 15) is 9.90 Å². The zero-order valence-corrected chi connectivity index (χ0v) is 15.3. The molecule has 2 heterocycles. The molecule has 1 aromatic heterocycles. The molecule has 6 heteroatoms. The number of hydrogen-bond donors (Lipinski definition) is 2. The molecule has 0 radical (unpaired) electrons. The number of carbonyl (C=O) groups is 1. The Kier molecular flexibility index (Phi) is 5.08. The van der Waals surface area contributed by atoms with Crippen molar-refractivity contribution in [2.75, 3.05) is 32.7 Å². The van der Waals surface area contributed by atoms with E-state index in [4.69, 9.17) is 0 Å². The van der Waals surface area contributed by atoms with Crippen molar-refractivity contribution in [2.45, 2.75) is 13.0 Å². The van der Waals surface area contributed by atoms with Crippen molar-refractivity contribution >= 4 is 32.8 Å². The van der Waals surface area contributed by atoms with Gasteiger partial charge in [0.15, 0.2) is 0 Å². The van der Waals surface area contributed by atoms with Gasteiger partial charge >= 0.3 is 5.97 Å². The van der Waals surface area contributed by atoms with Crippen LogP contribution in [-0.4, -0.2) is 58.6 Å². The third-order valence-electron chi connectivity index (χ3n) is 4.47. The highest BCUT2D eigenvalue weighted by Gasteiger charge is 2.32. The molecule has 24 heavy (non-hydrogen) atoms. The van der Waals surface area contributed by atoms with Gasteiger partial charge in [0.1, 0.15) is 6.04 Å². The summed E-state index contributed by atoms with van der Waals surface area (Å²) in [6, 6.07) is 5.27. The number of aromatic amines is 1. The summed E-state index contributed by atoms with van der Waals surface area (Å²) < 4.78 is 0.950. The molecule has 1 fully saturated rings. The summed E-state index contributed by atoms with van der Waals surface area (Å²) in [6.45, 7) is 10.1. The Labute approximate surface area is 150 Å². The standard InChI is InChI=1S/C18H22BrN3O2/c1-12(2)11-21-5-7-22(8-6-21)17(18(23)24)15-10-20-16-4-3-13(19)9-14(15)16/h3-4,9-10,17,20H,1,5-8,11H2,2H3,(H,23,24). The van der Waals surface area contributed by atoms with Crippen LogP contribution in [-0.2, 0) is 4.79 Å². The van der Waals surface area contributed by atoms with Gasteiger partial charge in [0.2, 0.25) is 0 Å². The molecule has 1 aliphatic rings. The lowest BCUT2D eigenvalue weighted by atomic mass is 10.0. The van der Waals surface area contributed by atoms with Gasteiger partial charge in [-0.1, -0.05) is 28.1 Å². The second kappa shape index (κ2) is 7.09. The molecule has 0 amide bonds. The van der Waals surface area contributed by atoms with E-state index in [1.165, 1.54) is 0 Å². The molecule has 3 rings (SSSR count). The summed E-state index contributed by atoms with van der Waals surface area (Å²) in [6.07, 6.45) is 1.83. The smallest absolute Gasteiger partial charge is 0.325 e. The molecule has 1 unspecified atom stereocenters. The van der Waals surface area contributed by atoms with Gasteiger partial charge in [0.05, 0.1) is 0 Å². The quantitative estimate of drug-likeness (QED) is 0.767. The molecule has 0 spiro atoms. The van der Waals surface area contributed by atoms with Crippen LogP contribution in [0.15, 0.2) is 41.0 Å². The third kappa shape index (κ3) is 3.55. The summed E-state index contributed by atoms with van der Waals surface area (Å²) in [4.78, 5) is 19.6. The van der Waals surface area contributed by atoms with Gasteiger partial charge in [-0.2, -0.15) is 0 Å². The first-order valence-electron chi connectivity index (χ1n) is 8.06. The predicted molar refractivity (Wildman–Crippen MR) is 99.2 cm³/mol. The monoisotopic (exact) mass is 391 g/mol. The maximum absolute atomic E-state index is 12.0. The van der Waals surface area contributed by atoms with Crippen molar-refractivity contribution in [3.8, 4) is 0 Å². The van der Waals surface area contributed by atoms with Crippen LogP contribution in [0, 0.1) is 0 Å². The fourth-order valence-electron chi connectivity index (χ4n) is 3.39. The Hall–Kier alpha value is -1.63. The largest absolute Gasteiger partial charge is 0.480 e. The van der Waals surface area contributed by atoms with Gasteiger partial charge in [-0.25, -0.2) is 0 Å². The maximum atomic E-state index is 12.0. The minimum atomic E-state index is -0.802. The van der Waals surface area contributed by atoms with Crippen LogP contribution in [0.4, 0.5) is 0 Å². The molecule has 1 aromatic carbocycles. The van der Waals surface area contributed by atoms with Gasteiger partial charge in [0.25, 0.3) is 0 Å². The number of hydrogen-bond acceptors (Lipinski definition) is 3. The molecular formula is C18H22BrN3O2. The number of piperazine rings is 1. The SMILES string of the molecule is C=C(C)CN1CCN(C(C(=O)O)c2c[nH]c3ccc(Br)cc23)CC1. The number of aliphatic carboxylic acids is 1. The average Bonchev–Trinajstić information content (AvgIpc) is 2.91. The first-order chi connectivity index (χ1) is 11.5. The lowest BCUT2D eigenvalue weighted by Gasteiger charge is -2.37. The molecule has 128 valence electrons. The number of rotatable bonds is 5. The third-order valence-corrected chi connectivity index (χ3v) is 4.96. The lowest BCUT2D eigenvalue weighted by molar-refractivity contribution is -0.144. The Balaban J connectivity index is 1.84. The minimum absolute atomic E-state index is 0.625. The van der Waals surface area contributed by atoms with E-state index in [-0.39, 0.29) is 0 Å². The van der Waals surface area contributed by atoms with Gasteiger partial charge in [-0.3, -0.25) is 14.6 Å². The average molecular weight is 392 g/mol. The summed E-state index contributed by atoms with van der Waals surface area (Å²) in [7, 11) is 0. The normalized spacial score (nSPS) is 17.9. The second-order valence-electron chi connectivity index (χ2n) is 6.44. The highest BCUT2D eigenvalue weighted by molar-refractivity contribution is 9.10. The van der Waals surface area contributed by atoms with Gasteiger partial charge in [-0.15, -0.1) is 0 Å². The molecule has 2 N–H and O–H groups in total. The van der Waals surface area contributed by atoms with Crippen LogP contribution >= 0.6 is 15.9 Å². The van der Waals surface area contributed by atoms with Crippen LogP contribution < -0.4 is 0 Å². The summed E-state index contributed by atoms with van der Waals surface area (Å²) in [5, 5.41) is 10.8. The summed E-state index contributed by atoms with van der Waals surface area (Å²) in [5.41, 5.74) is 2.92. The van der Waals surface area contributed by atoms with Crippen LogP contribution in [0.2, 0.25) is 0 Å². The number of carboxylic acid groups (broad SMARTS) is 1. The van der Waals surface area contributed by atoms with Crippen molar-refractivity contribution in [1.29, 1.82) is 0 Å². The molecule has 0 bridgehead atoms. The Bertz CT molecular complexity index is 763.